The first kappa shape index (κ1) is 11.2. The number of aryl methyl sites for hydroxylation is 1. The van der Waals surface area contributed by atoms with Crippen LogP contribution in [0.2, 0.25) is 0 Å². The van der Waals surface area contributed by atoms with E-state index >= 15 is 0 Å². The summed E-state index contributed by atoms with van der Waals surface area (Å²) in [5.74, 6) is -1.35. The molecule has 2 aromatic rings. The number of anilines is 1. The standard InChI is InChI=1S/C8H6F2N4S2/c1-3-12-8(16-14-3)15-7-5(10)2-4(9)6(11)13-7/h2H,1H3,(H2,11,13). The molecule has 0 aliphatic rings. The summed E-state index contributed by atoms with van der Waals surface area (Å²) in [4.78, 5) is 7.63. The molecule has 0 aliphatic heterocycles. The monoisotopic (exact) mass is 260 g/mol. The molecule has 0 bridgehead atoms. The van der Waals surface area contributed by atoms with Crippen LogP contribution in [-0.4, -0.2) is 14.3 Å². The lowest BCUT2D eigenvalue weighted by atomic mass is 10.4. The molecule has 0 aliphatic carbocycles. The van der Waals surface area contributed by atoms with Crippen LogP contribution < -0.4 is 5.73 Å². The molecule has 0 radical (unpaired) electrons. The molecular formula is C8H6F2N4S2. The Labute approximate surface area is 98.1 Å². The lowest BCUT2D eigenvalue weighted by Gasteiger charge is -2.01. The number of pyridine rings is 1. The van der Waals surface area contributed by atoms with E-state index in [-0.39, 0.29) is 10.8 Å². The summed E-state index contributed by atoms with van der Waals surface area (Å²) in [6.07, 6.45) is 0. The summed E-state index contributed by atoms with van der Waals surface area (Å²) in [5.41, 5.74) is 5.25. The van der Waals surface area contributed by atoms with Crippen molar-refractivity contribution in [1.82, 2.24) is 14.3 Å². The molecule has 0 saturated carbocycles. The van der Waals surface area contributed by atoms with Gasteiger partial charge < -0.3 is 5.73 Å². The van der Waals surface area contributed by atoms with E-state index in [4.69, 9.17) is 5.73 Å². The predicted molar refractivity (Wildman–Crippen MR) is 57.3 cm³/mol. The van der Waals surface area contributed by atoms with Gasteiger partial charge in [-0.1, -0.05) is 0 Å². The minimum absolute atomic E-state index is 0.00458. The van der Waals surface area contributed by atoms with Gasteiger partial charge in [-0.25, -0.2) is 18.7 Å². The smallest absolute Gasteiger partial charge is 0.176 e. The summed E-state index contributed by atoms with van der Waals surface area (Å²) >= 11 is 2.09. The van der Waals surface area contributed by atoms with Crippen molar-refractivity contribution in [3.8, 4) is 0 Å². The van der Waals surface area contributed by atoms with Crippen LogP contribution >= 0.6 is 23.3 Å². The van der Waals surface area contributed by atoms with Crippen LogP contribution in [0.4, 0.5) is 14.6 Å². The molecule has 0 atom stereocenters. The number of halogens is 2. The Morgan fingerprint density at radius 1 is 1.31 bits per heavy atom. The van der Waals surface area contributed by atoms with Gasteiger partial charge in [-0.2, -0.15) is 4.37 Å². The van der Waals surface area contributed by atoms with Gasteiger partial charge in [0.05, 0.1) is 0 Å². The second-order valence-corrected chi connectivity index (χ2v) is 4.84. The summed E-state index contributed by atoms with van der Waals surface area (Å²) in [7, 11) is 0. The van der Waals surface area contributed by atoms with Gasteiger partial charge in [-0.3, -0.25) is 0 Å². The van der Waals surface area contributed by atoms with Crippen molar-refractivity contribution in [3.63, 3.8) is 0 Å². The molecule has 0 amide bonds. The molecule has 2 N–H and O–H groups in total. The van der Waals surface area contributed by atoms with Gasteiger partial charge >= 0.3 is 0 Å². The van der Waals surface area contributed by atoms with Crippen LogP contribution in [-0.2, 0) is 0 Å². The van der Waals surface area contributed by atoms with Crippen molar-refractivity contribution in [1.29, 1.82) is 0 Å². The topological polar surface area (TPSA) is 64.7 Å². The molecule has 0 saturated heterocycles. The number of aromatic nitrogens is 3. The van der Waals surface area contributed by atoms with Crippen LogP contribution in [0.25, 0.3) is 0 Å². The average Bonchev–Trinajstić information content (AvgIpc) is 2.60. The van der Waals surface area contributed by atoms with Crippen LogP contribution in [0.15, 0.2) is 15.4 Å². The van der Waals surface area contributed by atoms with Crippen LogP contribution in [0.5, 0.6) is 0 Å². The van der Waals surface area contributed by atoms with Gasteiger partial charge in [0.25, 0.3) is 0 Å². The molecular weight excluding hydrogens is 254 g/mol. The summed E-state index contributed by atoms with van der Waals surface area (Å²) in [6, 6.07) is 0.707. The van der Waals surface area contributed by atoms with Crippen molar-refractivity contribution in [3.05, 3.63) is 23.5 Å². The van der Waals surface area contributed by atoms with E-state index in [9.17, 15) is 8.78 Å². The third-order valence-electron chi connectivity index (χ3n) is 1.62. The average molecular weight is 260 g/mol. The van der Waals surface area contributed by atoms with Crippen molar-refractivity contribution in [2.75, 3.05) is 5.73 Å². The van der Waals surface area contributed by atoms with Gasteiger partial charge in [0.2, 0.25) is 0 Å². The van der Waals surface area contributed by atoms with Crippen molar-refractivity contribution in [2.24, 2.45) is 0 Å². The van der Waals surface area contributed by atoms with E-state index in [0.29, 0.717) is 16.2 Å². The van der Waals surface area contributed by atoms with Crippen LogP contribution in [0, 0.1) is 18.6 Å². The predicted octanol–water partition coefficient (Wildman–Crippen LogP) is 2.25. The zero-order valence-electron chi connectivity index (χ0n) is 8.07. The quantitative estimate of drug-likeness (QED) is 0.897. The maximum Gasteiger partial charge on any atom is 0.176 e. The number of nitrogens with zero attached hydrogens (tertiary/aromatic N) is 3. The highest BCUT2D eigenvalue weighted by molar-refractivity contribution is 8.00. The maximum atomic E-state index is 13.3. The first-order chi connectivity index (χ1) is 7.56. The Kier molecular flexibility index (Phi) is 3.01. The number of hydrogen-bond acceptors (Lipinski definition) is 6. The van der Waals surface area contributed by atoms with Crippen LogP contribution in [0.3, 0.4) is 0 Å². The number of nitrogen functional groups attached to an aromatic ring is 1. The van der Waals surface area contributed by atoms with Crippen molar-refractivity contribution < 1.29 is 8.78 Å². The van der Waals surface area contributed by atoms with E-state index in [1.54, 1.807) is 6.92 Å². The molecule has 4 nitrogen and oxygen atoms in total. The Morgan fingerprint density at radius 3 is 2.69 bits per heavy atom. The van der Waals surface area contributed by atoms with Crippen molar-refractivity contribution in [2.45, 2.75) is 16.3 Å². The normalized spacial score (nSPS) is 10.7. The van der Waals surface area contributed by atoms with E-state index in [1.165, 1.54) is 0 Å². The lowest BCUT2D eigenvalue weighted by molar-refractivity contribution is 0.552. The SMILES string of the molecule is Cc1nsc(Sc2nc(N)c(F)cc2F)n1. The van der Waals surface area contributed by atoms with E-state index < -0.39 is 11.6 Å². The first-order valence-corrected chi connectivity index (χ1v) is 5.75. The van der Waals surface area contributed by atoms with E-state index in [1.807, 2.05) is 0 Å². The highest BCUT2D eigenvalue weighted by Gasteiger charge is 2.13. The number of nitrogens with two attached hydrogens (primary N) is 1. The van der Waals surface area contributed by atoms with Gasteiger partial charge in [0.15, 0.2) is 21.8 Å². The fourth-order valence-electron chi connectivity index (χ4n) is 0.937. The zero-order valence-corrected chi connectivity index (χ0v) is 9.70. The minimum atomic E-state index is -0.865. The van der Waals surface area contributed by atoms with Gasteiger partial charge in [-0.15, -0.1) is 0 Å². The molecule has 0 unspecified atom stereocenters. The molecule has 2 heterocycles. The summed E-state index contributed by atoms with van der Waals surface area (Å²) in [6.45, 7) is 1.73. The fourth-order valence-corrected chi connectivity index (χ4v) is 2.50. The van der Waals surface area contributed by atoms with Gasteiger partial charge in [0.1, 0.15) is 10.9 Å². The van der Waals surface area contributed by atoms with Crippen molar-refractivity contribution >= 4 is 29.1 Å². The third kappa shape index (κ3) is 2.27. The molecule has 84 valence electrons. The zero-order chi connectivity index (χ0) is 11.7. The second-order valence-electron chi connectivity index (χ2n) is 2.85. The fraction of sp³-hybridized carbons (Fsp3) is 0.125. The second kappa shape index (κ2) is 4.30. The van der Waals surface area contributed by atoms with Gasteiger partial charge in [-0.05, 0) is 30.2 Å². The Morgan fingerprint density at radius 2 is 2.06 bits per heavy atom. The highest BCUT2D eigenvalue weighted by Crippen LogP contribution is 2.30. The summed E-state index contributed by atoms with van der Waals surface area (Å²) in [5, 5.41) is -0.00458. The Hall–Kier alpha value is -1.28. The van der Waals surface area contributed by atoms with Gasteiger partial charge in [0, 0.05) is 6.07 Å². The third-order valence-corrected chi connectivity index (χ3v) is 3.44. The molecule has 16 heavy (non-hydrogen) atoms. The number of rotatable bonds is 2. The molecule has 2 rings (SSSR count). The lowest BCUT2D eigenvalue weighted by Crippen LogP contribution is -1.98. The Bertz CT molecular complexity index is 529. The molecule has 0 spiro atoms. The minimum Gasteiger partial charge on any atom is -0.381 e. The maximum absolute atomic E-state index is 13.3. The molecule has 0 fully saturated rings. The first-order valence-electron chi connectivity index (χ1n) is 4.16. The number of hydrogen-bond donors (Lipinski definition) is 1. The highest BCUT2D eigenvalue weighted by atomic mass is 32.2. The van der Waals surface area contributed by atoms with E-state index in [0.717, 1.165) is 23.3 Å². The molecule has 0 aromatic carbocycles. The molecule has 8 heteroatoms. The van der Waals surface area contributed by atoms with Crippen LogP contribution in [0.1, 0.15) is 5.82 Å². The Balaban J connectivity index is 2.31. The molecule has 2 aromatic heterocycles. The van der Waals surface area contributed by atoms with E-state index in [2.05, 4.69) is 14.3 Å². The largest absolute Gasteiger partial charge is 0.381 e. The summed E-state index contributed by atoms with van der Waals surface area (Å²) < 4.78 is 30.6.